The van der Waals surface area contributed by atoms with E-state index in [-0.39, 0.29) is 10.9 Å². The van der Waals surface area contributed by atoms with Crippen LogP contribution in [0.25, 0.3) is 11.3 Å². The fourth-order valence-corrected chi connectivity index (χ4v) is 5.27. The van der Waals surface area contributed by atoms with Crippen LogP contribution in [-0.4, -0.2) is 63.2 Å². The number of hydrogen-bond acceptors (Lipinski definition) is 5. The van der Waals surface area contributed by atoms with Crippen LogP contribution in [0, 0.1) is 0 Å². The number of aromatic nitrogens is 1. The average Bonchev–Trinajstić information content (AvgIpc) is 2.92. The number of amides is 1. The molecule has 0 unspecified atom stereocenters. The minimum Gasteiger partial charge on any atom is -0.496 e. The molecule has 39 heavy (non-hydrogen) atoms. The molecule has 1 saturated heterocycles. The zero-order valence-electron chi connectivity index (χ0n) is 22.2. The lowest BCUT2D eigenvalue weighted by Crippen LogP contribution is -2.52. The Labute approximate surface area is 231 Å². The molecule has 1 aliphatic heterocycles. The summed E-state index contributed by atoms with van der Waals surface area (Å²) in [5.74, 6) is 0.616. The maximum atomic E-state index is 13.7. The molecule has 1 aromatic heterocycles. The summed E-state index contributed by atoms with van der Waals surface area (Å²) < 4.78 is 44.8. The molecule has 4 rings (SSSR count). The monoisotopic (exact) mass is 560 g/mol. The van der Waals surface area contributed by atoms with E-state index < -0.39 is 17.2 Å². The Bertz CT molecular complexity index is 1290. The first-order chi connectivity index (χ1) is 18.5. The van der Waals surface area contributed by atoms with Crippen LogP contribution in [0.15, 0.2) is 60.8 Å². The van der Waals surface area contributed by atoms with E-state index in [1.807, 2.05) is 60.3 Å². The van der Waals surface area contributed by atoms with E-state index in [4.69, 9.17) is 16.3 Å². The van der Waals surface area contributed by atoms with Gasteiger partial charge in [0.1, 0.15) is 5.75 Å². The van der Waals surface area contributed by atoms with Crippen LogP contribution in [0.5, 0.6) is 5.75 Å². The summed E-state index contributed by atoms with van der Waals surface area (Å²) in [7, 11) is 5.49. The number of pyridine rings is 1. The van der Waals surface area contributed by atoms with Crippen molar-refractivity contribution < 1.29 is 22.7 Å². The van der Waals surface area contributed by atoms with Crippen LogP contribution in [0.3, 0.4) is 0 Å². The first-order valence-electron chi connectivity index (χ1n) is 12.7. The molecular formula is C29H32ClF3N4O2. The van der Waals surface area contributed by atoms with Gasteiger partial charge in [-0.3, -0.25) is 9.78 Å². The lowest BCUT2D eigenvalue weighted by Gasteiger charge is -2.42. The highest BCUT2D eigenvalue weighted by Gasteiger charge is 2.43. The van der Waals surface area contributed by atoms with Crippen molar-refractivity contribution >= 4 is 23.2 Å². The second-order valence-electron chi connectivity index (χ2n) is 9.92. The number of ether oxygens (including phenoxy) is 1. The second kappa shape index (κ2) is 11.8. The maximum absolute atomic E-state index is 13.7. The molecule has 0 atom stereocenters. The van der Waals surface area contributed by atoms with E-state index >= 15 is 0 Å². The largest absolute Gasteiger partial charge is 0.496 e. The highest BCUT2D eigenvalue weighted by molar-refractivity contribution is 6.33. The van der Waals surface area contributed by atoms with Crippen molar-refractivity contribution in [2.45, 2.75) is 24.4 Å². The summed E-state index contributed by atoms with van der Waals surface area (Å²) in [5.41, 5.74) is 1.27. The standard InChI is InChI=1S/C29H32ClF3N4O2/c1-36(2)17-14-34-27(38)28(21-8-10-24(35-19-21)22-6-4-5-7-26(22)39-3)12-15-37(16-13-28)25-11-9-20(18-23(25)30)29(31,32)33/h4-11,18-19H,12-17H2,1-3H3,(H,34,38). The lowest BCUT2D eigenvalue weighted by molar-refractivity contribution is -0.137. The number of benzene rings is 2. The Hall–Kier alpha value is -3.30. The molecule has 1 fully saturated rings. The Morgan fingerprint density at radius 3 is 2.44 bits per heavy atom. The van der Waals surface area contributed by atoms with Gasteiger partial charge in [0.15, 0.2) is 0 Å². The topological polar surface area (TPSA) is 57.7 Å². The van der Waals surface area contributed by atoms with Gasteiger partial charge in [0.25, 0.3) is 0 Å². The third-order valence-corrected chi connectivity index (χ3v) is 7.51. The van der Waals surface area contributed by atoms with Gasteiger partial charge in [0, 0.05) is 37.9 Å². The normalized spacial score (nSPS) is 15.3. The van der Waals surface area contributed by atoms with Crippen LogP contribution >= 0.6 is 11.6 Å². The van der Waals surface area contributed by atoms with Gasteiger partial charge in [-0.1, -0.05) is 29.8 Å². The molecule has 1 amide bonds. The molecule has 10 heteroatoms. The van der Waals surface area contributed by atoms with Crippen molar-refractivity contribution in [3.8, 4) is 17.0 Å². The number of anilines is 1. The zero-order valence-corrected chi connectivity index (χ0v) is 22.9. The van der Waals surface area contributed by atoms with E-state index in [0.29, 0.717) is 50.5 Å². The number of para-hydroxylation sites is 1. The summed E-state index contributed by atoms with van der Waals surface area (Å²) in [5, 5.41) is 3.12. The first kappa shape index (κ1) is 28.7. The summed E-state index contributed by atoms with van der Waals surface area (Å²) in [6.45, 7) is 2.08. The molecular weight excluding hydrogens is 529 g/mol. The van der Waals surface area contributed by atoms with E-state index in [0.717, 1.165) is 29.0 Å². The predicted octanol–water partition coefficient (Wildman–Crippen LogP) is 5.65. The molecule has 208 valence electrons. The molecule has 0 bridgehead atoms. The third kappa shape index (κ3) is 6.31. The van der Waals surface area contributed by atoms with Gasteiger partial charge in [-0.25, -0.2) is 0 Å². The number of nitrogens with one attached hydrogen (secondary N) is 1. The van der Waals surface area contributed by atoms with E-state index in [2.05, 4.69) is 10.3 Å². The number of alkyl halides is 3. The van der Waals surface area contributed by atoms with Gasteiger partial charge in [-0.15, -0.1) is 0 Å². The number of hydrogen-bond donors (Lipinski definition) is 1. The molecule has 0 spiro atoms. The van der Waals surface area contributed by atoms with E-state index in [1.165, 1.54) is 6.07 Å². The van der Waals surface area contributed by atoms with Crippen LogP contribution in [0.1, 0.15) is 24.0 Å². The van der Waals surface area contributed by atoms with Gasteiger partial charge in [0.2, 0.25) is 5.91 Å². The number of halogens is 4. The zero-order chi connectivity index (χ0) is 28.2. The number of piperidine rings is 1. The Balaban J connectivity index is 1.60. The molecule has 0 radical (unpaired) electrons. The Morgan fingerprint density at radius 1 is 1.13 bits per heavy atom. The predicted molar refractivity (Wildman–Crippen MR) is 147 cm³/mol. The van der Waals surface area contributed by atoms with E-state index in [9.17, 15) is 18.0 Å². The molecule has 0 aliphatic carbocycles. The van der Waals surface area contributed by atoms with Crippen LogP contribution < -0.4 is 15.0 Å². The van der Waals surface area contributed by atoms with Gasteiger partial charge >= 0.3 is 6.18 Å². The minimum atomic E-state index is -4.47. The fourth-order valence-electron chi connectivity index (χ4n) is 4.97. The van der Waals surface area contributed by atoms with Crippen molar-refractivity contribution in [2.24, 2.45) is 0 Å². The van der Waals surface area contributed by atoms with Crippen molar-refractivity contribution in [2.75, 3.05) is 52.3 Å². The highest BCUT2D eigenvalue weighted by atomic mass is 35.5. The summed E-state index contributed by atoms with van der Waals surface area (Å²) >= 11 is 6.27. The molecule has 6 nitrogen and oxygen atoms in total. The number of carbonyl (C=O) groups excluding carboxylic acids is 1. The maximum Gasteiger partial charge on any atom is 0.416 e. The fraction of sp³-hybridized carbons (Fsp3) is 0.379. The average molecular weight is 561 g/mol. The number of likely N-dealkylation sites (N-methyl/N-ethyl adjacent to an activating group) is 1. The SMILES string of the molecule is COc1ccccc1-c1ccc(C2(C(=O)NCCN(C)C)CCN(c3ccc(C(F)(F)F)cc3Cl)CC2)cn1. The van der Waals surface area contributed by atoms with Crippen molar-refractivity contribution in [1.29, 1.82) is 0 Å². The first-order valence-corrected chi connectivity index (χ1v) is 13.1. The smallest absolute Gasteiger partial charge is 0.416 e. The minimum absolute atomic E-state index is 0.0376. The third-order valence-electron chi connectivity index (χ3n) is 7.21. The van der Waals surface area contributed by atoms with Crippen LogP contribution in [0.2, 0.25) is 5.02 Å². The molecule has 0 saturated carbocycles. The second-order valence-corrected chi connectivity index (χ2v) is 10.3. The summed E-state index contributed by atoms with van der Waals surface area (Å²) in [6.07, 6.45) is -1.82. The molecule has 2 heterocycles. The van der Waals surface area contributed by atoms with Gasteiger partial charge in [0.05, 0.1) is 34.5 Å². The number of rotatable bonds is 8. The quantitative estimate of drug-likeness (QED) is 0.386. The van der Waals surface area contributed by atoms with Crippen molar-refractivity contribution in [3.63, 3.8) is 0 Å². The Morgan fingerprint density at radius 2 is 1.85 bits per heavy atom. The molecule has 1 aliphatic rings. The van der Waals surface area contributed by atoms with Gasteiger partial charge < -0.3 is 19.9 Å². The van der Waals surface area contributed by atoms with E-state index in [1.54, 1.807) is 13.3 Å². The van der Waals surface area contributed by atoms with Gasteiger partial charge in [-0.05, 0) is 68.9 Å². The van der Waals surface area contributed by atoms with Crippen molar-refractivity contribution in [1.82, 2.24) is 15.2 Å². The molecule has 2 aromatic carbocycles. The molecule has 1 N–H and O–H groups in total. The van der Waals surface area contributed by atoms with Crippen LogP contribution in [-0.2, 0) is 16.4 Å². The summed E-state index contributed by atoms with van der Waals surface area (Å²) in [4.78, 5) is 22.3. The van der Waals surface area contributed by atoms with Crippen LogP contribution in [0.4, 0.5) is 18.9 Å². The van der Waals surface area contributed by atoms with Gasteiger partial charge in [-0.2, -0.15) is 13.2 Å². The number of carbonyl (C=O) groups is 1. The summed E-state index contributed by atoms with van der Waals surface area (Å²) in [6, 6.07) is 14.8. The number of nitrogens with zero attached hydrogens (tertiary/aromatic N) is 3. The number of methoxy groups -OCH3 is 1. The lowest BCUT2D eigenvalue weighted by atomic mass is 9.72. The van der Waals surface area contributed by atoms with Crippen molar-refractivity contribution in [3.05, 3.63) is 76.9 Å². The Kier molecular flexibility index (Phi) is 8.71. The molecule has 3 aromatic rings. The highest BCUT2D eigenvalue weighted by Crippen LogP contribution is 2.41.